The molecule has 1 atom stereocenters. The van der Waals surface area contributed by atoms with E-state index in [1.54, 1.807) is 13.0 Å². The summed E-state index contributed by atoms with van der Waals surface area (Å²) in [4.78, 5) is 12.4. The van der Waals surface area contributed by atoms with E-state index in [0.717, 1.165) is 11.3 Å². The third-order valence-electron chi connectivity index (χ3n) is 4.16. The number of carbonyl (C=O) groups excluding carboxylic acids is 1. The fourth-order valence-corrected chi connectivity index (χ4v) is 3.92. The molecular formula is C18H19NO5S. The molecule has 1 heterocycles. The van der Waals surface area contributed by atoms with E-state index in [-0.39, 0.29) is 11.5 Å². The number of hydrogen-bond donors (Lipinski definition) is 1. The van der Waals surface area contributed by atoms with Gasteiger partial charge in [0.05, 0.1) is 17.9 Å². The van der Waals surface area contributed by atoms with Gasteiger partial charge in [-0.3, -0.25) is 4.79 Å². The summed E-state index contributed by atoms with van der Waals surface area (Å²) < 4.78 is 37.8. The van der Waals surface area contributed by atoms with Gasteiger partial charge in [-0.15, -0.1) is 0 Å². The number of para-hydroxylation sites is 1. The number of methoxy groups -OCH3 is 1. The van der Waals surface area contributed by atoms with E-state index in [9.17, 15) is 13.2 Å². The number of aryl methyl sites for hydroxylation is 1. The van der Waals surface area contributed by atoms with Crippen molar-refractivity contribution in [2.45, 2.75) is 18.2 Å². The summed E-state index contributed by atoms with van der Waals surface area (Å²) in [5.41, 5.74) is 1.57. The molecule has 1 N–H and O–H groups in total. The van der Waals surface area contributed by atoms with Crippen LogP contribution >= 0.6 is 0 Å². The van der Waals surface area contributed by atoms with Gasteiger partial charge in [0.25, 0.3) is 10.0 Å². The first-order valence-corrected chi connectivity index (χ1v) is 9.31. The third-order valence-corrected chi connectivity index (χ3v) is 5.51. The summed E-state index contributed by atoms with van der Waals surface area (Å²) in [5.74, 6) is 0.203. The average Bonchev–Trinajstić information content (AvgIpc) is 2.60. The number of carbonyl (C=O) groups is 1. The van der Waals surface area contributed by atoms with Gasteiger partial charge in [0, 0.05) is 0 Å². The topological polar surface area (TPSA) is 81.7 Å². The Morgan fingerprint density at radius 1 is 1.24 bits per heavy atom. The van der Waals surface area contributed by atoms with Gasteiger partial charge in [0.15, 0.2) is 0 Å². The Morgan fingerprint density at radius 2 is 2.00 bits per heavy atom. The minimum atomic E-state index is -3.94. The molecule has 7 heteroatoms. The first kappa shape index (κ1) is 17.3. The fraction of sp³-hybridized carbons (Fsp3) is 0.278. The molecule has 132 valence electrons. The van der Waals surface area contributed by atoms with Crippen LogP contribution < -0.4 is 14.2 Å². The molecule has 25 heavy (non-hydrogen) atoms. The SMILES string of the molecule is COc1ccc(S(=O)(=O)NC(=O)C2COc3ccccc3C2)cc1C. The van der Waals surface area contributed by atoms with E-state index >= 15 is 0 Å². The van der Waals surface area contributed by atoms with Crippen LogP contribution in [0.2, 0.25) is 0 Å². The normalized spacial score (nSPS) is 16.5. The highest BCUT2D eigenvalue weighted by Crippen LogP contribution is 2.27. The Labute approximate surface area is 146 Å². The lowest BCUT2D eigenvalue weighted by Crippen LogP contribution is -2.40. The number of nitrogens with one attached hydrogen (secondary N) is 1. The van der Waals surface area contributed by atoms with Crippen molar-refractivity contribution in [2.24, 2.45) is 5.92 Å². The Morgan fingerprint density at radius 3 is 2.72 bits per heavy atom. The van der Waals surface area contributed by atoms with Crippen LogP contribution in [0.15, 0.2) is 47.4 Å². The van der Waals surface area contributed by atoms with Gasteiger partial charge in [0.2, 0.25) is 5.91 Å². The van der Waals surface area contributed by atoms with Crippen molar-refractivity contribution < 1.29 is 22.7 Å². The first-order valence-electron chi connectivity index (χ1n) is 7.82. The van der Waals surface area contributed by atoms with E-state index in [1.807, 2.05) is 24.3 Å². The monoisotopic (exact) mass is 361 g/mol. The van der Waals surface area contributed by atoms with Crippen molar-refractivity contribution in [3.05, 3.63) is 53.6 Å². The maximum absolute atomic E-state index is 12.5. The second-order valence-electron chi connectivity index (χ2n) is 5.92. The molecule has 0 spiro atoms. The molecule has 2 aromatic rings. The molecular weight excluding hydrogens is 342 g/mol. The van der Waals surface area contributed by atoms with E-state index in [2.05, 4.69) is 4.72 Å². The molecule has 0 aliphatic carbocycles. The summed E-state index contributed by atoms with van der Waals surface area (Å²) in [7, 11) is -2.43. The molecule has 0 aromatic heterocycles. The van der Waals surface area contributed by atoms with Crippen molar-refractivity contribution in [1.82, 2.24) is 4.72 Å². The minimum absolute atomic E-state index is 0.0243. The number of sulfonamides is 1. The van der Waals surface area contributed by atoms with Crippen LogP contribution in [-0.2, 0) is 21.2 Å². The summed E-state index contributed by atoms with van der Waals surface area (Å²) in [6, 6.07) is 11.9. The lowest BCUT2D eigenvalue weighted by atomic mass is 9.96. The predicted molar refractivity (Wildman–Crippen MR) is 92.2 cm³/mol. The number of hydrogen-bond acceptors (Lipinski definition) is 5. The Bertz CT molecular complexity index is 907. The number of fused-ring (bicyclic) bond motifs is 1. The first-order chi connectivity index (χ1) is 11.9. The summed E-state index contributed by atoms with van der Waals surface area (Å²) in [6.45, 7) is 1.89. The fourth-order valence-electron chi connectivity index (χ4n) is 2.79. The molecule has 0 saturated heterocycles. The average molecular weight is 361 g/mol. The maximum Gasteiger partial charge on any atom is 0.264 e. The zero-order chi connectivity index (χ0) is 18.0. The molecule has 1 aliphatic rings. The Kier molecular flexibility index (Phi) is 4.67. The van der Waals surface area contributed by atoms with Gasteiger partial charge in [0.1, 0.15) is 18.1 Å². The predicted octanol–water partition coefficient (Wildman–Crippen LogP) is 2.06. The summed E-state index contributed by atoms with van der Waals surface area (Å²) in [6.07, 6.45) is 0.444. The van der Waals surface area contributed by atoms with E-state index < -0.39 is 21.8 Å². The van der Waals surface area contributed by atoms with Crippen molar-refractivity contribution >= 4 is 15.9 Å². The molecule has 1 amide bonds. The van der Waals surface area contributed by atoms with Crippen molar-refractivity contribution in [1.29, 1.82) is 0 Å². The van der Waals surface area contributed by atoms with Gasteiger partial charge in [-0.25, -0.2) is 13.1 Å². The summed E-state index contributed by atoms with van der Waals surface area (Å²) in [5, 5.41) is 0. The molecule has 1 unspecified atom stereocenters. The zero-order valence-corrected chi connectivity index (χ0v) is 14.8. The van der Waals surface area contributed by atoms with Crippen LogP contribution in [0.25, 0.3) is 0 Å². The van der Waals surface area contributed by atoms with Crippen molar-refractivity contribution in [2.75, 3.05) is 13.7 Å². The van der Waals surface area contributed by atoms with E-state index in [4.69, 9.17) is 9.47 Å². The molecule has 3 rings (SSSR count). The lowest BCUT2D eigenvalue weighted by Gasteiger charge is -2.24. The van der Waals surface area contributed by atoms with Crippen LogP contribution in [0, 0.1) is 12.8 Å². The molecule has 6 nitrogen and oxygen atoms in total. The van der Waals surface area contributed by atoms with Gasteiger partial charge < -0.3 is 9.47 Å². The van der Waals surface area contributed by atoms with Gasteiger partial charge >= 0.3 is 0 Å². The third kappa shape index (κ3) is 3.61. The van der Waals surface area contributed by atoms with E-state index in [1.165, 1.54) is 19.2 Å². The van der Waals surface area contributed by atoms with Crippen LogP contribution in [0.5, 0.6) is 11.5 Å². The molecule has 2 aromatic carbocycles. The lowest BCUT2D eigenvalue weighted by molar-refractivity contribution is -0.124. The van der Waals surface area contributed by atoms with Crippen molar-refractivity contribution in [3.8, 4) is 11.5 Å². The van der Waals surface area contributed by atoms with Crippen LogP contribution in [0.3, 0.4) is 0 Å². The van der Waals surface area contributed by atoms with Crippen LogP contribution in [0.4, 0.5) is 0 Å². The van der Waals surface area contributed by atoms with Gasteiger partial charge in [-0.05, 0) is 48.7 Å². The van der Waals surface area contributed by atoms with Gasteiger partial charge in [-0.2, -0.15) is 0 Å². The van der Waals surface area contributed by atoms with E-state index in [0.29, 0.717) is 17.7 Å². The zero-order valence-electron chi connectivity index (χ0n) is 14.0. The molecule has 0 fully saturated rings. The molecule has 0 bridgehead atoms. The van der Waals surface area contributed by atoms with Crippen LogP contribution in [-0.4, -0.2) is 28.0 Å². The number of ether oxygens (including phenoxy) is 2. The van der Waals surface area contributed by atoms with Crippen LogP contribution in [0.1, 0.15) is 11.1 Å². The Balaban J connectivity index is 1.75. The Hall–Kier alpha value is -2.54. The molecule has 0 saturated carbocycles. The highest BCUT2D eigenvalue weighted by atomic mass is 32.2. The second-order valence-corrected chi connectivity index (χ2v) is 7.60. The highest BCUT2D eigenvalue weighted by molar-refractivity contribution is 7.90. The minimum Gasteiger partial charge on any atom is -0.496 e. The van der Waals surface area contributed by atoms with Crippen molar-refractivity contribution in [3.63, 3.8) is 0 Å². The second kappa shape index (κ2) is 6.76. The number of benzene rings is 2. The largest absolute Gasteiger partial charge is 0.496 e. The number of amides is 1. The molecule has 1 aliphatic heterocycles. The highest BCUT2D eigenvalue weighted by Gasteiger charge is 2.29. The number of rotatable bonds is 4. The molecule has 0 radical (unpaired) electrons. The standard InChI is InChI=1S/C18H19NO5S/c1-12-9-15(7-8-16(12)23-2)25(21,22)19-18(20)14-10-13-5-3-4-6-17(13)24-11-14/h3-9,14H,10-11H2,1-2H3,(H,19,20). The quantitative estimate of drug-likeness (QED) is 0.901. The van der Waals surface area contributed by atoms with Gasteiger partial charge in [-0.1, -0.05) is 18.2 Å². The smallest absolute Gasteiger partial charge is 0.264 e. The maximum atomic E-state index is 12.5. The summed E-state index contributed by atoms with van der Waals surface area (Å²) >= 11 is 0.